The van der Waals surface area contributed by atoms with Gasteiger partial charge in [-0.3, -0.25) is 10.1 Å². The highest BCUT2D eigenvalue weighted by Gasteiger charge is 2.32. The van der Waals surface area contributed by atoms with Crippen LogP contribution in [0.3, 0.4) is 0 Å². The van der Waals surface area contributed by atoms with Crippen molar-refractivity contribution in [1.29, 1.82) is 5.26 Å². The average molecular weight is 351 g/mol. The first-order valence-corrected chi connectivity index (χ1v) is 8.52. The lowest BCUT2D eigenvalue weighted by Gasteiger charge is -2.28. The second kappa shape index (κ2) is 6.56. The van der Waals surface area contributed by atoms with Gasteiger partial charge in [0.2, 0.25) is 0 Å². The lowest BCUT2D eigenvalue weighted by atomic mass is 10.0. The number of anilines is 1. The maximum atomic E-state index is 11.5. The minimum atomic E-state index is -0.393. The van der Waals surface area contributed by atoms with E-state index in [0.29, 0.717) is 36.8 Å². The van der Waals surface area contributed by atoms with Crippen molar-refractivity contribution < 1.29 is 14.4 Å². The van der Waals surface area contributed by atoms with Gasteiger partial charge in [-0.1, -0.05) is 6.07 Å². The third kappa shape index (κ3) is 2.80. The minimum Gasteiger partial charge on any atom is -0.486 e. The van der Waals surface area contributed by atoms with Crippen LogP contribution in [0.5, 0.6) is 11.5 Å². The van der Waals surface area contributed by atoms with Crippen molar-refractivity contribution in [3.8, 4) is 17.6 Å². The first kappa shape index (κ1) is 16.2. The first-order chi connectivity index (χ1) is 12.7. The summed E-state index contributed by atoms with van der Waals surface area (Å²) >= 11 is 0. The number of rotatable bonds is 3. The predicted molar refractivity (Wildman–Crippen MR) is 94.6 cm³/mol. The molecule has 132 valence electrons. The Hall–Kier alpha value is -3.27. The maximum absolute atomic E-state index is 11.5. The molecular weight excluding hydrogens is 334 g/mol. The fourth-order valence-electron chi connectivity index (χ4n) is 3.65. The Balaban J connectivity index is 1.74. The lowest BCUT2D eigenvalue weighted by molar-refractivity contribution is -0.384. The molecule has 1 saturated heterocycles. The van der Waals surface area contributed by atoms with E-state index in [9.17, 15) is 15.4 Å². The molecule has 2 aromatic carbocycles. The Bertz CT molecular complexity index is 906. The standard InChI is InChI=1S/C19H17N3O4/c20-12-13-3-5-16(22(23)24)17(10-13)21-7-1-2-15(21)14-4-6-18-19(11-14)26-9-8-25-18/h3-6,10-11,15H,1-2,7-9H2. The highest BCUT2D eigenvalue weighted by molar-refractivity contribution is 5.67. The van der Waals surface area contributed by atoms with E-state index in [2.05, 4.69) is 6.07 Å². The van der Waals surface area contributed by atoms with Crippen molar-refractivity contribution in [2.45, 2.75) is 18.9 Å². The largest absolute Gasteiger partial charge is 0.486 e. The van der Waals surface area contributed by atoms with E-state index in [1.807, 2.05) is 23.1 Å². The summed E-state index contributed by atoms with van der Waals surface area (Å²) in [4.78, 5) is 13.1. The number of nitrogens with zero attached hydrogens (tertiary/aromatic N) is 3. The number of hydrogen-bond donors (Lipinski definition) is 0. The van der Waals surface area contributed by atoms with Gasteiger partial charge in [-0.15, -0.1) is 0 Å². The molecule has 1 unspecified atom stereocenters. The van der Waals surface area contributed by atoms with Gasteiger partial charge in [0.15, 0.2) is 11.5 Å². The molecule has 0 radical (unpaired) electrons. The highest BCUT2D eigenvalue weighted by atomic mass is 16.6. The summed E-state index contributed by atoms with van der Waals surface area (Å²) < 4.78 is 11.2. The molecule has 2 heterocycles. The van der Waals surface area contributed by atoms with Crippen molar-refractivity contribution >= 4 is 11.4 Å². The second-order valence-corrected chi connectivity index (χ2v) is 6.33. The van der Waals surface area contributed by atoms with E-state index in [4.69, 9.17) is 9.47 Å². The van der Waals surface area contributed by atoms with Crippen LogP contribution in [-0.2, 0) is 0 Å². The molecule has 7 heteroatoms. The Morgan fingerprint density at radius 1 is 1.15 bits per heavy atom. The van der Waals surface area contributed by atoms with Gasteiger partial charge >= 0.3 is 0 Å². The van der Waals surface area contributed by atoms with Crippen molar-refractivity contribution in [3.63, 3.8) is 0 Å². The molecule has 0 N–H and O–H groups in total. The number of nitro benzene ring substituents is 1. The summed E-state index contributed by atoms with van der Waals surface area (Å²) in [6.07, 6.45) is 1.81. The smallest absolute Gasteiger partial charge is 0.292 e. The molecule has 2 aromatic rings. The summed E-state index contributed by atoms with van der Waals surface area (Å²) in [5.74, 6) is 1.43. The maximum Gasteiger partial charge on any atom is 0.292 e. The molecule has 0 amide bonds. The fraction of sp³-hybridized carbons (Fsp3) is 0.316. The first-order valence-electron chi connectivity index (χ1n) is 8.52. The quantitative estimate of drug-likeness (QED) is 0.620. The Morgan fingerprint density at radius 3 is 2.73 bits per heavy atom. The Kier molecular flexibility index (Phi) is 4.09. The summed E-state index contributed by atoms with van der Waals surface area (Å²) in [7, 11) is 0. The summed E-state index contributed by atoms with van der Waals surface area (Å²) in [6.45, 7) is 1.75. The van der Waals surface area contributed by atoms with Gasteiger partial charge < -0.3 is 14.4 Å². The van der Waals surface area contributed by atoms with Gasteiger partial charge in [0, 0.05) is 12.6 Å². The van der Waals surface area contributed by atoms with Gasteiger partial charge in [0.25, 0.3) is 5.69 Å². The molecule has 7 nitrogen and oxygen atoms in total. The SMILES string of the molecule is N#Cc1ccc([N+](=O)[O-])c(N2CCCC2c2ccc3c(c2)OCCO3)c1. The summed E-state index contributed by atoms with van der Waals surface area (Å²) in [5, 5.41) is 20.7. The van der Waals surface area contributed by atoms with Crippen molar-refractivity contribution in [2.24, 2.45) is 0 Å². The summed E-state index contributed by atoms with van der Waals surface area (Å²) in [5.41, 5.74) is 1.96. The van der Waals surface area contributed by atoms with Crippen molar-refractivity contribution in [2.75, 3.05) is 24.7 Å². The zero-order valence-corrected chi connectivity index (χ0v) is 14.1. The van der Waals surface area contributed by atoms with Crippen LogP contribution in [0.2, 0.25) is 0 Å². The molecule has 4 rings (SSSR count). The minimum absolute atomic E-state index is 0.00142. The van der Waals surface area contributed by atoms with E-state index in [-0.39, 0.29) is 11.7 Å². The molecule has 0 saturated carbocycles. The van der Waals surface area contributed by atoms with Gasteiger partial charge in [0.1, 0.15) is 18.9 Å². The molecule has 0 bridgehead atoms. The molecule has 0 aromatic heterocycles. The van der Waals surface area contributed by atoms with Gasteiger partial charge in [-0.2, -0.15) is 5.26 Å². The zero-order valence-electron chi connectivity index (χ0n) is 14.1. The predicted octanol–water partition coefficient (Wildman–Crippen LogP) is 3.58. The number of nitro groups is 1. The third-order valence-electron chi connectivity index (χ3n) is 4.81. The molecular formula is C19H17N3O4. The Labute approximate surface area is 150 Å². The average Bonchev–Trinajstić information content (AvgIpc) is 3.16. The molecule has 0 aliphatic carbocycles. The van der Waals surface area contributed by atoms with Gasteiger partial charge in [-0.05, 0) is 42.7 Å². The lowest BCUT2D eigenvalue weighted by Crippen LogP contribution is -2.24. The van der Waals surface area contributed by atoms with Crippen LogP contribution in [0.1, 0.15) is 30.0 Å². The topological polar surface area (TPSA) is 88.6 Å². The van der Waals surface area contributed by atoms with Gasteiger partial charge in [-0.25, -0.2) is 0 Å². The van der Waals surface area contributed by atoms with Crippen LogP contribution in [0.4, 0.5) is 11.4 Å². The van der Waals surface area contributed by atoms with Crippen LogP contribution in [0.15, 0.2) is 36.4 Å². The molecule has 0 spiro atoms. The Morgan fingerprint density at radius 2 is 1.96 bits per heavy atom. The number of nitriles is 1. The fourth-order valence-corrected chi connectivity index (χ4v) is 3.65. The molecule has 2 aliphatic rings. The number of ether oxygens (including phenoxy) is 2. The monoisotopic (exact) mass is 351 g/mol. The third-order valence-corrected chi connectivity index (χ3v) is 4.81. The summed E-state index contributed by atoms with van der Waals surface area (Å²) in [6, 6.07) is 12.4. The van der Waals surface area contributed by atoms with E-state index in [1.54, 1.807) is 6.07 Å². The zero-order chi connectivity index (χ0) is 18.1. The van der Waals surface area contributed by atoms with E-state index in [1.165, 1.54) is 12.1 Å². The van der Waals surface area contributed by atoms with E-state index in [0.717, 1.165) is 24.2 Å². The normalized spacial score (nSPS) is 18.4. The molecule has 26 heavy (non-hydrogen) atoms. The van der Waals surface area contributed by atoms with Crippen molar-refractivity contribution in [3.05, 3.63) is 57.6 Å². The second-order valence-electron chi connectivity index (χ2n) is 6.33. The highest BCUT2D eigenvalue weighted by Crippen LogP contribution is 2.43. The molecule has 1 atom stereocenters. The van der Waals surface area contributed by atoms with Crippen molar-refractivity contribution in [1.82, 2.24) is 0 Å². The molecule has 2 aliphatic heterocycles. The molecule has 1 fully saturated rings. The van der Waals surface area contributed by atoms with Gasteiger partial charge in [0.05, 0.1) is 22.6 Å². The van der Waals surface area contributed by atoms with Crippen LogP contribution in [-0.4, -0.2) is 24.7 Å². The number of hydrogen-bond acceptors (Lipinski definition) is 6. The van der Waals surface area contributed by atoms with Crippen LogP contribution in [0, 0.1) is 21.4 Å². The van der Waals surface area contributed by atoms with Crippen LogP contribution < -0.4 is 14.4 Å². The van der Waals surface area contributed by atoms with Crippen LogP contribution in [0.25, 0.3) is 0 Å². The number of fused-ring (bicyclic) bond motifs is 1. The van der Waals surface area contributed by atoms with E-state index < -0.39 is 4.92 Å². The van der Waals surface area contributed by atoms with E-state index >= 15 is 0 Å². The van der Waals surface area contributed by atoms with Crippen LogP contribution >= 0.6 is 0 Å². The number of benzene rings is 2.